The minimum Gasteiger partial charge on any atom is -0.496 e. The van der Waals surface area contributed by atoms with Crippen molar-refractivity contribution in [3.63, 3.8) is 0 Å². The van der Waals surface area contributed by atoms with E-state index in [2.05, 4.69) is 64.9 Å². The molecule has 0 fully saturated rings. The highest BCUT2D eigenvalue weighted by atomic mass is 32.2. The minimum absolute atomic E-state index is 0.439. The fourth-order valence-electron chi connectivity index (χ4n) is 4.40. The summed E-state index contributed by atoms with van der Waals surface area (Å²) in [5, 5.41) is 15.2. The number of fused-ring (bicyclic) bond motifs is 4. The van der Waals surface area contributed by atoms with Crippen LogP contribution in [0.1, 0.15) is 22.9 Å². The first-order valence-corrected chi connectivity index (χ1v) is 12.7. The lowest BCUT2D eigenvalue weighted by atomic mass is 10.0. The lowest BCUT2D eigenvalue weighted by Crippen LogP contribution is -2.18. The van der Waals surface area contributed by atoms with Crippen LogP contribution in [0.4, 0.5) is 5.69 Å². The van der Waals surface area contributed by atoms with E-state index in [4.69, 9.17) is 14.5 Å². The van der Waals surface area contributed by atoms with Gasteiger partial charge in [-0.3, -0.25) is 0 Å². The van der Waals surface area contributed by atoms with E-state index >= 15 is 0 Å². The molecule has 1 aromatic heterocycles. The van der Waals surface area contributed by atoms with E-state index in [1.54, 1.807) is 7.11 Å². The fourth-order valence-corrected chi connectivity index (χ4v) is 5.13. The number of hydrogen-bond acceptors (Lipinski definition) is 7. The van der Waals surface area contributed by atoms with Crippen molar-refractivity contribution < 1.29 is 9.47 Å². The summed E-state index contributed by atoms with van der Waals surface area (Å²) in [4.78, 5) is 4.80. The Hall–Kier alpha value is -4.10. The van der Waals surface area contributed by atoms with Gasteiger partial charge in [0.15, 0.2) is 5.69 Å². The predicted octanol–water partition coefficient (Wildman–Crippen LogP) is 6.80. The highest BCUT2D eigenvalue weighted by Crippen LogP contribution is 2.43. The molecule has 0 spiro atoms. The number of nitrogens with one attached hydrogen (secondary N) is 1. The Morgan fingerprint density at radius 1 is 0.917 bits per heavy atom. The zero-order valence-corrected chi connectivity index (χ0v) is 20.8. The van der Waals surface area contributed by atoms with Crippen molar-refractivity contribution in [1.29, 1.82) is 0 Å². The summed E-state index contributed by atoms with van der Waals surface area (Å²) in [6.07, 6.45) is -0.542. The molecule has 178 valence electrons. The Labute approximate surface area is 213 Å². The van der Waals surface area contributed by atoms with Crippen molar-refractivity contribution >= 4 is 28.2 Å². The van der Waals surface area contributed by atoms with Gasteiger partial charge in [0.25, 0.3) is 0 Å². The molecule has 0 saturated heterocycles. The fraction of sp³-hybridized carbons (Fsp3) is 0.138. The first kappa shape index (κ1) is 22.4. The monoisotopic (exact) mass is 492 g/mol. The van der Waals surface area contributed by atoms with Gasteiger partial charge in [-0.1, -0.05) is 90.1 Å². The Morgan fingerprint density at radius 3 is 2.58 bits per heavy atom. The molecule has 5 aromatic rings. The van der Waals surface area contributed by atoms with E-state index in [0.29, 0.717) is 16.7 Å². The quantitative estimate of drug-likeness (QED) is 0.270. The zero-order chi connectivity index (χ0) is 24.5. The van der Waals surface area contributed by atoms with Gasteiger partial charge in [0.2, 0.25) is 17.3 Å². The third-order valence-corrected chi connectivity index (χ3v) is 7.14. The Bertz CT molecular complexity index is 1560. The number of hydrogen-bond donors (Lipinski definition) is 1. The lowest BCUT2D eigenvalue weighted by Gasteiger charge is -2.23. The molecule has 1 N–H and O–H groups in total. The van der Waals surface area contributed by atoms with Crippen LogP contribution >= 0.6 is 11.8 Å². The number of rotatable bonds is 5. The second kappa shape index (κ2) is 9.51. The van der Waals surface area contributed by atoms with Crippen LogP contribution in [0.3, 0.4) is 0 Å². The maximum atomic E-state index is 6.57. The van der Waals surface area contributed by atoms with Crippen LogP contribution < -0.4 is 14.8 Å². The number of methoxy groups -OCH3 is 1. The first-order valence-electron chi connectivity index (χ1n) is 11.7. The molecule has 0 aliphatic carbocycles. The topological polar surface area (TPSA) is 69.2 Å². The summed E-state index contributed by atoms with van der Waals surface area (Å²) >= 11 is 1.54. The molecule has 1 atom stereocenters. The van der Waals surface area contributed by atoms with Gasteiger partial charge in [0.05, 0.1) is 12.7 Å². The third kappa shape index (κ3) is 4.22. The van der Waals surface area contributed by atoms with Crippen LogP contribution in [0.5, 0.6) is 11.6 Å². The molecular formula is C29H24N4O2S. The van der Waals surface area contributed by atoms with Crippen LogP contribution in [0.25, 0.3) is 22.0 Å². The zero-order valence-electron chi connectivity index (χ0n) is 19.9. The minimum atomic E-state index is -0.542. The Kier molecular flexibility index (Phi) is 5.91. The summed E-state index contributed by atoms with van der Waals surface area (Å²) in [7, 11) is 1.68. The standard InChI is InChI=1S/C29H24N4O2S/c1-18-11-13-19(14-12-18)17-36-29-31-28-26(32-33-29)22-9-5-6-10-23(22)30-27(35-28)25-21-8-4-3-7-20(21)15-16-24(25)34-2/h3-16,27,30H,17H2,1-2H3. The highest BCUT2D eigenvalue weighted by molar-refractivity contribution is 7.98. The van der Waals surface area contributed by atoms with Crippen LogP contribution in [0, 0.1) is 6.92 Å². The van der Waals surface area contributed by atoms with E-state index in [1.165, 1.54) is 22.9 Å². The normalized spacial score (nSPS) is 14.2. The first-order chi connectivity index (χ1) is 17.7. The molecule has 6 nitrogen and oxygen atoms in total. The number of anilines is 1. The number of aromatic nitrogens is 3. The van der Waals surface area contributed by atoms with Crippen LogP contribution in [-0.2, 0) is 5.75 Å². The van der Waals surface area contributed by atoms with Crippen molar-refractivity contribution in [2.24, 2.45) is 0 Å². The van der Waals surface area contributed by atoms with Crippen LogP contribution in [0.15, 0.2) is 90.1 Å². The van der Waals surface area contributed by atoms with Gasteiger partial charge >= 0.3 is 0 Å². The van der Waals surface area contributed by atoms with E-state index in [0.717, 1.165) is 39.1 Å². The van der Waals surface area contributed by atoms with Gasteiger partial charge < -0.3 is 14.8 Å². The molecule has 36 heavy (non-hydrogen) atoms. The lowest BCUT2D eigenvalue weighted by molar-refractivity contribution is 0.221. The van der Waals surface area contributed by atoms with Crippen molar-refractivity contribution in [2.75, 3.05) is 12.4 Å². The molecule has 0 amide bonds. The van der Waals surface area contributed by atoms with Crippen molar-refractivity contribution in [3.8, 4) is 22.9 Å². The Morgan fingerprint density at radius 2 is 1.72 bits per heavy atom. The molecule has 2 heterocycles. The molecule has 1 aliphatic heterocycles. The Balaban J connectivity index is 1.42. The molecule has 0 bridgehead atoms. The van der Waals surface area contributed by atoms with Gasteiger partial charge in [-0.05, 0) is 35.4 Å². The van der Waals surface area contributed by atoms with E-state index in [-0.39, 0.29) is 0 Å². The van der Waals surface area contributed by atoms with Crippen molar-refractivity contribution in [3.05, 3.63) is 102 Å². The second-order valence-corrected chi connectivity index (χ2v) is 9.56. The van der Waals surface area contributed by atoms with Gasteiger partial charge in [-0.2, -0.15) is 4.98 Å². The smallest absolute Gasteiger partial charge is 0.247 e. The van der Waals surface area contributed by atoms with Crippen LogP contribution in [0.2, 0.25) is 0 Å². The molecule has 6 rings (SSSR count). The molecule has 1 aliphatic rings. The third-order valence-electron chi connectivity index (χ3n) is 6.23. The molecule has 1 unspecified atom stereocenters. The number of aryl methyl sites for hydroxylation is 1. The van der Waals surface area contributed by atoms with E-state index in [1.807, 2.05) is 42.5 Å². The van der Waals surface area contributed by atoms with Gasteiger partial charge in [0.1, 0.15) is 5.75 Å². The molecule has 7 heteroatoms. The molecular weight excluding hydrogens is 468 g/mol. The number of thioether (sulfide) groups is 1. The summed E-state index contributed by atoms with van der Waals surface area (Å²) in [5.41, 5.74) is 5.75. The van der Waals surface area contributed by atoms with Gasteiger partial charge in [0, 0.05) is 17.0 Å². The molecule has 4 aromatic carbocycles. The van der Waals surface area contributed by atoms with E-state index < -0.39 is 6.23 Å². The number of ether oxygens (including phenoxy) is 2. The summed E-state index contributed by atoms with van der Waals surface area (Å²) in [6.45, 7) is 2.08. The number of benzene rings is 4. The summed E-state index contributed by atoms with van der Waals surface area (Å²) in [6, 6.07) is 28.7. The maximum absolute atomic E-state index is 6.57. The van der Waals surface area contributed by atoms with Crippen molar-refractivity contribution in [1.82, 2.24) is 15.2 Å². The molecule has 0 radical (unpaired) electrons. The predicted molar refractivity (Wildman–Crippen MR) is 143 cm³/mol. The average Bonchev–Trinajstić information content (AvgIpc) is 3.08. The SMILES string of the molecule is COc1ccc2ccccc2c1C1Nc2ccccc2-c2nnc(SCc3ccc(C)cc3)nc2O1. The second-order valence-electron chi connectivity index (χ2n) is 8.61. The van der Waals surface area contributed by atoms with Crippen molar-refractivity contribution in [2.45, 2.75) is 24.1 Å². The number of para-hydroxylation sites is 1. The highest BCUT2D eigenvalue weighted by Gasteiger charge is 2.29. The van der Waals surface area contributed by atoms with Gasteiger partial charge in [-0.15, -0.1) is 10.2 Å². The largest absolute Gasteiger partial charge is 0.496 e. The van der Waals surface area contributed by atoms with Crippen LogP contribution in [-0.4, -0.2) is 22.3 Å². The number of nitrogens with zero attached hydrogens (tertiary/aromatic N) is 3. The summed E-state index contributed by atoms with van der Waals surface area (Å²) < 4.78 is 12.3. The summed E-state index contributed by atoms with van der Waals surface area (Å²) in [5.74, 6) is 1.92. The molecule has 0 saturated carbocycles. The van der Waals surface area contributed by atoms with E-state index in [9.17, 15) is 0 Å². The average molecular weight is 493 g/mol. The van der Waals surface area contributed by atoms with Gasteiger partial charge in [-0.25, -0.2) is 0 Å². The maximum Gasteiger partial charge on any atom is 0.247 e.